The van der Waals surface area contributed by atoms with E-state index >= 15 is 0 Å². The Hall–Kier alpha value is 1.25. The first kappa shape index (κ1) is 37.1. The highest BCUT2D eigenvalue weighted by Gasteiger charge is 2.09. The van der Waals surface area contributed by atoms with E-state index in [2.05, 4.69) is 40.7 Å². The predicted molar refractivity (Wildman–Crippen MR) is 123 cm³/mol. The van der Waals surface area contributed by atoms with E-state index in [1.54, 1.807) is 0 Å². The smallest absolute Gasteiger partial charge is 0.0110 e. The molecule has 0 atom stereocenters. The summed E-state index contributed by atoms with van der Waals surface area (Å²) >= 11 is 0. The lowest BCUT2D eigenvalue weighted by Gasteiger charge is -2.28. The van der Waals surface area contributed by atoms with E-state index < -0.39 is 0 Å². The summed E-state index contributed by atoms with van der Waals surface area (Å²) in [7, 11) is 6.71. The van der Waals surface area contributed by atoms with Crippen molar-refractivity contribution in [2.24, 2.45) is 5.73 Å². The molecule has 1 aliphatic rings. The van der Waals surface area contributed by atoms with E-state index in [0.29, 0.717) is 0 Å². The Kier molecular flexibility index (Phi) is 34.5. The number of hydrogen-bond donors (Lipinski definition) is 1. The third kappa shape index (κ3) is 19.8. The minimum absolute atomic E-state index is 0. The Morgan fingerprint density at radius 3 is 1.32 bits per heavy atom. The molecule has 0 aromatic rings. The predicted octanol–water partition coefficient (Wildman–Crippen LogP) is 1.95. The van der Waals surface area contributed by atoms with Crippen molar-refractivity contribution in [2.75, 3.05) is 86.6 Å². The topological polar surface area (TPSA) is 39.0 Å². The Morgan fingerprint density at radius 2 is 0.920 bits per heavy atom. The molecule has 10 heteroatoms. The molecule has 1 fully saturated rings. The largest absolute Gasteiger partial charge is 0.329 e. The maximum Gasteiger partial charge on any atom is 0.0110 e. The zero-order valence-electron chi connectivity index (χ0n) is 15.9. The van der Waals surface area contributed by atoms with Gasteiger partial charge in [0.1, 0.15) is 0 Å². The first-order valence-electron chi connectivity index (χ1n) is 8.10. The van der Waals surface area contributed by atoms with Gasteiger partial charge in [0.25, 0.3) is 0 Å². The molecule has 2 N–H and O–H groups in total. The molecule has 1 rings (SSSR count). The summed E-state index contributed by atoms with van der Waals surface area (Å²) in [5, 5.41) is 0. The highest BCUT2D eigenvalue weighted by atomic mass is 35.5. The van der Waals surface area contributed by atoms with Crippen molar-refractivity contribution in [2.45, 2.75) is 12.8 Å². The van der Waals surface area contributed by atoms with Gasteiger partial charge in [0, 0.05) is 39.3 Å². The summed E-state index contributed by atoms with van der Waals surface area (Å²) in [6, 6.07) is 0. The molecule has 1 saturated heterocycles. The number of rotatable bonds is 2. The van der Waals surface area contributed by atoms with Gasteiger partial charge in [-0.3, -0.25) is 0 Å². The van der Waals surface area contributed by atoms with Crippen molar-refractivity contribution < 1.29 is 0 Å². The number of nitrogens with zero attached hydrogens (tertiary/aromatic N) is 4. The summed E-state index contributed by atoms with van der Waals surface area (Å²) in [4.78, 5) is 9.88. The number of likely N-dealkylation sites (N-methyl/N-ethyl adjacent to an activating group) is 3. The second kappa shape index (κ2) is 23.3. The van der Waals surface area contributed by atoms with Crippen LogP contribution in [-0.4, -0.2) is 106 Å². The van der Waals surface area contributed by atoms with E-state index in [4.69, 9.17) is 5.73 Å². The Morgan fingerprint density at radius 1 is 0.560 bits per heavy atom. The Labute approximate surface area is 186 Å². The molecule has 0 radical (unpaired) electrons. The molecule has 0 saturated carbocycles. The molecular formula is C15H40Cl5N5. The summed E-state index contributed by atoms with van der Waals surface area (Å²) < 4.78 is 0. The summed E-state index contributed by atoms with van der Waals surface area (Å²) in [5.74, 6) is 0. The van der Waals surface area contributed by atoms with Gasteiger partial charge < -0.3 is 25.3 Å². The normalized spacial score (nSPS) is 19.7. The monoisotopic (exact) mass is 465 g/mol. The Bertz CT molecular complexity index is 254. The first-order valence-corrected chi connectivity index (χ1v) is 8.10. The minimum atomic E-state index is 0. The van der Waals surface area contributed by atoms with Crippen LogP contribution in [0.25, 0.3) is 0 Å². The standard InChI is InChI=1S/C15H35N5.5ClH/c1-17-7-4-8-19(3)14-15-20(11-6-16)10-5-9-18(2)13-12-17;;;;;/h4-16H2,1-3H3;5*1H. The van der Waals surface area contributed by atoms with E-state index in [1.165, 1.54) is 52.1 Å². The van der Waals surface area contributed by atoms with Gasteiger partial charge >= 0.3 is 0 Å². The molecule has 160 valence electrons. The second-order valence-corrected chi connectivity index (χ2v) is 6.25. The summed E-state index contributed by atoms with van der Waals surface area (Å²) in [6.45, 7) is 11.2. The van der Waals surface area contributed by atoms with Crippen molar-refractivity contribution in [1.29, 1.82) is 0 Å². The van der Waals surface area contributed by atoms with Crippen molar-refractivity contribution in [1.82, 2.24) is 19.6 Å². The van der Waals surface area contributed by atoms with Gasteiger partial charge in [-0.05, 0) is 60.2 Å². The minimum Gasteiger partial charge on any atom is -0.329 e. The van der Waals surface area contributed by atoms with Crippen molar-refractivity contribution in [3.8, 4) is 0 Å². The number of nitrogens with two attached hydrogens (primary N) is 1. The Balaban J connectivity index is -0.000000267. The van der Waals surface area contributed by atoms with Gasteiger partial charge in [-0.1, -0.05) is 0 Å². The lowest BCUT2D eigenvalue weighted by molar-refractivity contribution is 0.192. The van der Waals surface area contributed by atoms with Crippen molar-refractivity contribution >= 4 is 62.0 Å². The number of halogens is 5. The quantitative estimate of drug-likeness (QED) is 0.672. The van der Waals surface area contributed by atoms with E-state index in [0.717, 1.165) is 26.2 Å². The van der Waals surface area contributed by atoms with Crippen LogP contribution in [0.3, 0.4) is 0 Å². The van der Waals surface area contributed by atoms with Crippen molar-refractivity contribution in [3.05, 3.63) is 0 Å². The maximum atomic E-state index is 5.73. The molecule has 0 amide bonds. The fourth-order valence-corrected chi connectivity index (χ4v) is 2.68. The fraction of sp³-hybridized carbons (Fsp3) is 1.00. The second-order valence-electron chi connectivity index (χ2n) is 6.25. The summed E-state index contributed by atoms with van der Waals surface area (Å²) in [6.07, 6.45) is 2.50. The van der Waals surface area contributed by atoms with Crippen LogP contribution in [0.2, 0.25) is 0 Å². The number of hydrogen-bond acceptors (Lipinski definition) is 5. The van der Waals surface area contributed by atoms with E-state index in [9.17, 15) is 0 Å². The van der Waals surface area contributed by atoms with Crippen LogP contribution in [0.15, 0.2) is 0 Å². The van der Waals surface area contributed by atoms with Gasteiger partial charge in [-0.2, -0.15) is 0 Å². The SMILES string of the molecule is CN1CCCN(C)CCN(CCN)CCCN(C)CC1.Cl.Cl.Cl.Cl.Cl. The van der Waals surface area contributed by atoms with Gasteiger partial charge in [0.05, 0.1) is 0 Å². The van der Waals surface area contributed by atoms with Crippen LogP contribution >= 0.6 is 62.0 Å². The molecule has 0 spiro atoms. The van der Waals surface area contributed by atoms with E-state index in [1.807, 2.05) is 0 Å². The highest BCUT2D eigenvalue weighted by molar-refractivity contribution is 5.86. The fourth-order valence-electron chi connectivity index (χ4n) is 2.68. The van der Waals surface area contributed by atoms with Crippen LogP contribution < -0.4 is 5.73 Å². The average molecular weight is 468 g/mol. The molecule has 0 aromatic carbocycles. The molecule has 0 aromatic heterocycles. The van der Waals surface area contributed by atoms with Crippen LogP contribution in [0.1, 0.15) is 12.8 Å². The lowest BCUT2D eigenvalue weighted by Crippen LogP contribution is -2.40. The molecular weight excluding hydrogens is 427 g/mol. The van der Waals surface area contributed by atoms with Gasteiger partial charge in [0.2, 0.25) is 0 Å². The zero-order chi connectivity index (χ0) is 14.8. The first-order chi connectivity index (χ1) is 9.61. The third-order valence-corrected chi connectivity index (χ3v) is 4.20. The molecule has 1 aliphatic heterocycles. The molecule has 5 nitrogen and oxygen atoms in total. The van der Waals surface area contributed by atoms with E-state index in [-0.39, 0.29) is 62.0 Å². The van der Waals surface area contributed by atoms with Crippen LogP contribution in [0.5, 0.6) is 0 Å². The average Bonchev–Trinajstić information content (AvgIpc) is 2.41. The molecule has 0 aliphatic carbocycles. The van der Waals surface area contributed by atoms with Crippen molar-refractivity contribution in [3.63, 3.8) is 0 Å². The van der Waals surface area contributed by atoms with Crippen LogP contribution in [0.4, 0.5) is 0 Å². The summed E-state index contributed by atoms with van der Waals surface area (Å²) in [5.41, 5.74) is 5.73. The zero-order valence-corrected chi connectivity index (χ0v) is 20.0. The molecule has 25 heavy (non-hydrogen) atoms. The highest BCUT2D eigenvalue weighted by Crippen LogP contribution is 1.98. The van der Waals surface area contributed by atoms with Gasteiger partial charge in [-0.15, -0.1) is 62.0 Å². The van der Waals surface area contributed by atoms with Gasteiger partial charge in [-0.25, -0.2) is 0 Å². The lowest BCUT2D eigenvalue weighted by atomic mass is 10.3. The molecule has 1 heterocycles. The molecule has 0 bridgehead atoms. The third-order valence-electron chi connectivity index (χ3n) is 4.20. The van der Waals surface area contributed by atoms with Gasteiger partial charge in [0.15, 0.2) is 0 Å². The molecule has 0 unspecified atom stereocenters. The maximum absolute atomic E-state index is 5.73. The van der Waals surface area contributed by atoms with Crippen LogP contribution in [-0.2, 0) is 0 Å². The van der Waals surface area contributed by atoms with Crippen LogP contribution in [0, 0.1) is 0 Å².